The van der Waals surface area contributed by atoms with Crippen molar-refractivity contribution in [3.63, 3.8) is 0 Å². The maximum Gasteiger partial charge on any atom is 0.276 e. The van der Waals surface area contributed by atoms with Crippen molar-refractivity contribution >= 4 is 5.91 Å². The van der Waals surface area contributed by atoms with Gasteiger partial charge in [0, 0.05) is 13.1 Å². The molecule has 3 rings (SSSR count). The third kappa shape index (κ3) is 2.83. The molecule has 1 aromatic heterocycles. The number of aromatic nitrogens is 3. The smallest absolute Gasteiger partial charge is 0.276 e. The van der Waals surface area contributed by atoms with Crippen molar-refractivity contribution in [2.24, 2.45) is 0 Å². The molecule has 2 aliphatic rings. The number of amides is 1. The van der Waals surface area contributed by atoms with E-state index in [1.165, 1.54) is 0 Å². The lowest BCUT2D eigenvalue weighted by Crippen LogP contribution is -2.42. The van der Waals surface area contributed by atoms with E-state index in [9.17, 15) is 9.90 Å². The Bertz CT molecular complexity index is 469. The molecule has 0 saturated carbocycles. The van der Waals surface area contributed by atoms with Gasteiger partial charge in [0.25, 0.3) is 5.91 Å². The number of nitrogens with zero attached hydrogens (tertiary/aromatic N) is 4. The van der Waals surface area contributed by atoms with Crippen molar-refractivity contribution in [2.45, 2.75) is 37.8 Å². The molecule has 0 spiro atoms. The normalized spacial score (nSPS) is 24.9. The van der Waals surface area contributed by atoms with Crippen LogP contribution in [0.2, 0.25) is 0 Å². The summed E-state index contributed by atoms with van der Waals surface area (Å²) in [4.78, 5) is 14.0. The number of nitrogens with one attached hydrogen (secondary N) is 1. The number of carbonyl (C=O) groups excluding carboxylic acids is 1. The summed E-state index contributed by atoms with van der Waals surface area (Å²) in [5.41, 5.74) is 0.387. The summed E-state index contributed by atoms with van der Waals surface area (Å²) in [5.74, 6) is -0.121. The summed E-state index contributed by atoms with van der Waals surface area (Å²) in [6.07, 6.45) is 4.98. The summed E-state index contributed by atoms with van der Waals surface area (Å²) < 4.78 is 1.81. The van der Waals surface area contributed by atoms with Crippen LogP contribution in [0.15, 0.2) is 6.20 Å². The average Bonchev–Trinajstić information content (AvgIpc) is 2.97. The first-order valence-electron chi connectivity index (χ1n) is 7.34. The maximum absolute atomic E-state index is 12.3. The van der Waals surface area contributed by atoms with Crippen LogP contribution in [0.3, 0.4) is 0 Å². The second-order valence-electron chi connectivity index (χ2n) is 5.61. The Hall–Kier alpha value is -1.47. The van der Waals surface area contributed by atoms with E-state index in [1.54, 1.807) is 11.1 Å². The fourth-order valence-electron chi connectivity index (χ4n) is 2.93. The summed E-state index contributed by atoms with van der Waals surface area (Å²) >= 11 is 0. The highest BCUT2D eigenvalue weighted by Crippen LogP contribution is 2.18. The van der Waals surface area contributed by atoms with Gasteiger partial charge in [-0.25, -0.2) is 4.68 Å². The fourth-order valence-corrected chi connectivity index (χ4v) is 2.93. The molecule has 7 heteroatoms. The van der Waals surface area contributed by atoms with Gasteiger partial charge in [0.1, 0.15) is 0 Å². The third-order valence-electron chi connectivity index (χ3n) is 4.10. The number of aliphatic hydroxyl groups is 1. The number of β-amino-alcohol motifs (C(OH)–C–C–N with tert-alkyl or cyclic N) is 1. The van der Waals surface area contributed by atoms with Crippen molar-refractivity contribution < 1.29 is 9.90 Å². The first kappa shape index (κ1) is 13.5. The fraction of sp³-hybridized carbons (Fsp3) is 0.769. The van der Waals surface area contributed by atoms with E-state index in [4.69, 9.17) is 0 Å². The number of likely N-dealkylation sites (tertiary alicyclic amines) is 1. The number of hydrogen-bond acceptors (Lipinski definition) is 5. The zero-order chi connectivity index (χ0) is 13.9. The molecule has 3 heterocycles. The highest BCUT2D eigenvalue weighted by atomic mass is 16.3. The lowest BCUT2D eigenvalue weighted by molar-refractivity contribution is 0.0469. The van der Waals surface area contributed by atoms with Crippen molar-refractivity contribution in [2.75, 3.05) is 26.2 Å². The van der Waals surface area contributed by atoms with Gasteiger partial charge < -0.3 is 15.3 Å². The summed E-state index contributed by atoms with van der Waals surface area (Å²) in [6.45, 7) is 3.05. The highest BCUT2D eigenvalue weighted by Gasteiger charge is 2.26. The molecular weight excluding hydrogens is 258 g/mol. The monoisotopic (exact) mass is 279 g/mol. The number of piperidine rings is 2. The Balaban J connectivity index is 1.67. The molecule has 0 aliphatic carbocycles. The van der Waals surface area contributed by atoms with Crippen LogP contribution in [0.1, 0.15) is 42.2 Å². The molecule has 0 radical (unpaired) electrons. The Kier molecular flexibility index (Phi) is 3.98. The average molecular weight is 279 g/mol. The molecule has 2 saturated heterocycles. The van der Waals surface area contributed by atoms with Gasteiger partial charge in [0.15, 0.2) is 5.69 Å². The topological polar surface area (TPSA) is 83.3 Å². The van der Waals surface area contributed by atoms with E-state index < -0.39 is 6.10 Å². The van der Waals surface area contributed by atoms with Gasteiger partial charge in [0.05, 0.1) is 18.3 Å². The van der Waals surface area contributed by atoms with Crippen molar-refractivity contribution in [1.29, 1.82) is 0 Å². The van der Waals surface area contributed by atoms with Crippen LogP contribution in [-0.2, 0) is 0 Å². The Morgan fingerprint density at radius 3 is 2.90 bits per heavy atom. The van der Waals surface area contributed by atoms with Gasteiger partial charge >= 0.3 is 0 Å². The van der Waals surface area contributed by atoms with Gasteiger partial charge in [-0.1, -0.05) is 5.21 Å². The second-order valence-corrected chi connectivity index (χ2v) is 5.61. The molecule has 0 aromatic carbocycles. The van der Waals surface area contributed by atoms with E-state index in [-0.39, 0.29) is 5.91 Å². The molecule has 0 unspecified atom stereocenters. The molecule has 1 amide bonds. The zero-order valence-electron chi connectivity index (χ0n) is 11.5. The second kappa shape index (κ2) is 5.88. The van der Waals surface area contributed by atoms with Gasteiger partial charge in [-0.15, -0.1) is 5.10 Å². The Morgan fingerprint density at radius 2 is 2.15 bits per heavy atom. The van der Waals surface area contributed by atoms with Gasteiger partial charge in [-0.2, -0.15) is 0 Å². The molecule has 20 heavy (non-hydrogen) atoms. The minimum absolute atomic E-state index is 0.121. The molecule has 1 aromatic rings. The largest absolute Gasteiger partial charge is 0.391 e. The van der Waals surface area contributed by atoms with Crippen molar-refractivity contribution in [3.8, 4) is 0 Å². The van der Waals surface area contributed by atoms with Gasteiger partial charge in [0.2, 0.25) is 0 Å². The van der Waals surface area contributed by atoms with E-state index in [0.29, 0.717) is 24.8 Å². The maximum atomic E-state index is 12.3. The van der Waals surface area contributed by atoms with Crippen LogP contribution < -0.4 is 5.32 Å². The van der Waals surface area contributed by atoms with Crippen LogP contribution in [0.4, 0.5) is 0 Å². The molecule has 2 aliphatic heterocycles. The van der Waals surface area contributed by atoms with Crippen LogP contribution >= 0.6 is 0 Å². The minimum atomic E-state index is -0.410. The van der Waals surface area contributed by atoms with Gasteiger partial charge in [-0.05, 0) is 38.8 Å². The number of rotatable bonds is 2. The SMILES string of the molecule is O=C(c1cn(C2CCNCC2)nn1)N1CCC[C@H](O)C1. The number of carbonyl (C=O) groups is 1. The predicted octanol–water partition coefficient (Wildman–Crippen LogP) is -0.201. The summed E-state index contributed by atoms with van der Waals surface area (Å²) in [5, 5.41) is 21.1. The van der Waals surface area contributed by atoms with E-state index in [0.717, 1.165) is 38.8 Å². The first-order valence-corrected chi connectivity index (χ1v) is 7.34. The van der Waals surface area contributed by atoms with E-state index >= 15 is 0 Å². The Labute approximate surface area is 117 Å². The summed E-state index contributed by atoms with van der Waals surface area (Å²) in [6, 6.07) is 0.331. The van der Waals surface area contributed by atoms with Crippen LogP contribution in [-0.4, -0.2) is 63.2 Å². The first-order chi connectivity index (χ1) is 9.74. The molecule has 0 bridgehead atoms. The van der Waals surface area contributed by atoms with Crippen LogP contribution in [0.5, 0.6) is 0 Å². The summed E-state index contributed by atoms with van der Waals surface area (Å²) in [7, 11) is 0. The standard InChI is InChI=1S/C13H21N5O2/c19-11-2-1-7-17(8-11)13(20)12-9-18(16-15-12)10-3-5-14-6-4-10/h9-11,14,19H,1-8H2/t11-/m0/s1. The molecular formula is C13H21N5O2. The van der Waals surface area contributed by atoms with Gasteiger partial charge in [-0.3, -0.25) is 4.79 Å². The molecule has 110 valence electrons. The van der Waals surface area contributed by atoms with Crippen molar-refractivity contribution in [3.05, 3.63) is 11.9 Å². The van der Waals surface area contributed by atoms with Crippen LogP contribution in [0.25, 0.3) is 0 Å². The lowest BCUT2D eigenvalue weighted by Gasteiger charge is -2.29. The number of aliphatic hydroxyl groups excluding tert-OH is 1. The molecule has 7 nitrogen and oxygen atoms in total. The predicted molar refractivity (Wildman–Crippen MR) is 72.3 cm³/mol. The van der Waals surface area contributed by atoms with Crippen molar-refractivity contribution in [1.82, 2.24) is 25.2 Å². The lowest BCUT2D eigenvalue weighted by atomic mass is 10.1. The highest BCUT2D eigenvalue weighted by molar-refractivity contribution is 5.92. The number of hydrogen-bond donors (Lipinski definition) is 2. The third-order valence-corrected chi connectivity index (χ3v) is 4.10. The Morgan fingerprint density at radius 1 is 1.35 bits per heavy atom. The van der Waals surface area contributed by atoms with Crippen LogP contribution in [0, 0.1) is 0 Å². The zero-order valence-corrected chi connectivity index (χ0v) is 11.5. The van der Waals surface area contributed by atoms with E-state index in [1.807, 2.05) is 4.68 Å². The quantitative estimate of drug-likeness (QED) is 0.783. The molecule has 2 fully saturated rings. The molecule has 2 N–H and O–H groups in total. The minimum Gasteiger partial charge on any atom is -0.391 e. The molecule has 1 atom stereocenters. The van der Waals surface area contributed by atoms with E-state index in [2.05, 4.69) is 15.6 Å².